The maximum Gasteiger partial charge on any atom is 0.177 e. The molecule has 1 unspecified atom stereocenters. The third-order valence-corrected chi connectivity index (χ3v) is 1.92. The fraction of sp³-hybridized carbons (Fsp3) is 0.375. The normalized spacial score (nSPS) is 12.7. The van der Waals surface area contributed by atoms with Crippen molar-refractivity contribution in [2.45, 2.75) is 12.5 Å². The van der Waals surface area contributed by atoms with Gasteiger partial charge in [0.2, 0.25) is 0 Å². The summed E-state index contributed by atoms with van der Waals surface area (Å²) < 4.78 is 0. The number of hydrogen-bond donors (Lipinski definition) is 1. The van der Waals surface area contributed by atoms with E-state index in [4.69, 9.17) is 0 Å². The predicted molar refractivity (Wildman–Crippen MR) is 49.5 cm³/mol. The van der Waals surface area contributed by atoms with E-state index in [9.17, 15) is 5.11 Å². The third-order valence-electron chi connectivity index (χ3n) is 1.92. The average Bonchev–Trinajstić information content (AvgIpc) is 2.65. The number of aliphatic hydroxyl groups is 1. The molecule has 2 rings (SSSR count). The minimum atomic E-state index is -0.676. The summed E-state index contributed by atoms with van der Waals surface area (Å²) in [6.45, 7) is 0. The molecule has 78 valence electrons. The van der Waals surface area contributed by atoms with E-state index in [0.717, 1.165) is 0 Å². The summed E-state index contributed by atoms with van der Waals surface area (Å²) in [4.78, 5) is 1.35. The summed E-state index contributed by atoms with van der Waals surface area (Å²) in [6.07, 6.45) is 2.69. The van der Waals surface area contributed by atoms with Crippen LogP contribution in [-0.2, 0) is 13.5 Å². The summed E-state index contributed by atoms with van der Waals surface area (Å²) in [5, 5.41) is 28.6. The van der Waals surface area contributed by atoms with E-state index in [1.54, 1.807) is 13.1 Å². The van der Waals surface area contributed by atoms with Gasteiger partial charge in [-0.1, -0.05) is 0 Å². The second kappa shape index (κ2) is 4.09. The topological polar surface area (TPSA) is 89.6 Å². The van der Waals surface area contributed by atoms with Gasteiger partial charge >= 0.3 is 0 Å². The first-order valence-corrected chi connectivity index (χ1v) is 4.43. The Morgan fingerprint density at radius 3 is 2.93 bits per heavy atom. The largest absolute Gasteiger partial charge is 0.388 e. The lowest BCUT2D eigenvalue weighted by Gasteiger charge is -2.06. The van der Waals surface area contributed by atoms with Crippen LogP contribution in [0, 0.1) is 0 Å². The Hall–Kier alpha value is -1.89. The van der Waals surface area contributed by atoms with Crippen molar-refractivity contribution in [3.63, 3.8) is 0 Å². The number of tetrazole rings is 1. The Kier molecular flexibility index (Phi) is 2.64. The van der Waals surface area contributed by atoms with Gasteiger partial charge in [0.15, 0.2) is 5.82 Å². The number of hydrogen-bond acceptors (Lipinski definition) is 6. The molecule has 0 fully saturated rings. The van der Waals surface area contributed by atoms with Gasteiger partial charge in [-0.2, -0.15) is 15.0 Å². The van der Waals surface area contributed by atoms with E-state index in [0.29, 0.717) is 17.8 Å². The maximum atomic E-state index is 9.80. The number of nitrogens with zero attached hydrogens (tertiary/aromatic N) is 6. The van der Waals surface area contributed by atoms with E-state index in [-0.39, 0.29) is 0 Å². The van der Waals surface area contributed by atoms with Gasteiger partial charge in [0.05, 0.1) is 19.3 Å². The van der Waals surface area contributed by atoms with Crippen molar-refractivity contribution in [3.8, 4) is 0 Å². The van der Waals surface area contributed by atoms with Crippen molar-refractivity contribution in [2.24, 2.45) is 7.05 Å². The molecule has 1 N–H and O–H groups in total. The number of aliphatic hydroxyl groups excluding tert-OH is 1. The minimum Gasteiger partial charge on any atom is -0.388 e. The fourth-order valence-electron chi connectivity index (χ4n) is 1.19. The molecular formula is C8H10N6O. The van der Waals surface area contributed by atoms with Crippen LogP contribution in [0.1, 0.15) is 17.5 Å². The van der Waals surface area contributed by atoms with E-state index in [1.807, 2.05) is 0 Å². The van der Waals surface area contributed by atoms with Crippen LogP contribution in [0.25, 0.3) is 0 Å². The maximum absolute atomic E-state index is 9.80. The smallest absolute Gasteiger partial charge is 0.177 e. The van der Waals surface area contributed by atoms with Gasteiger partial charge in [-0.05, 0) is 11.3 Å². The highest BCUT2D eigenvalue weighted by atomic mass is 16.3. The highest BCUT2D eigenvalue weighted by Crippen LogP contribution is 2.13. The summed E-state index contributed by atoms with van der Waals surface area (Å²) in [7, 11) is 1.68. The standard InChI is InChI=1S/C8H10N6O/c1-14-12-8(11-13-14)4-7(15)6-2-3-9-10-5-6/h2-3,5,7,15H,4H2,1H3. The van der Waals surface area contributed by atoms with Gasteiger partial charge in [-0.3, -0.25) is 0 Å². The molecule has 0 aliphatic heterocycles. The van der Waals surface area contributed by atoms with E-state index >= 15 is 0 Å². The van der Waals surface area contributed by atoms with Gasteiger partial charge in [0.25, 0.3) is 0 Å². The Bertz CT molecular complexity index is 428. The molecule has 0 bridgehead atoms. The molecule has 2 aromatic heterocycles. The van der Waals surface area contributed by atoms with Crippen molar-refractivity contribution in [2.75, 3.05) is 0 Å². The third kappa shape index (κ3) is 2.32. The molecule has 0 spiro atoms. The second-order valence-electron chi connectivity index (χ2n) is 3.09. The highest BCUT2D eigenvalue weighted by Gasteiger charge is 2.11. The van der Waals surface area contributed by atoms with Crippen LogP contribution in [0.2, 0.25) is 0 Å². The fourth-order valence-corrected chi connectivity index (χ4v) is 1.19. The molecule has 0 aromatic carbocycles. The summed E-state index contributed by atoms with van der Waals surface area (Å²) in [5.41, 5.74) is 0.692. The number of rotatable bonds is 3. The molecule has 0 saturated carbocycles. The van der Waals surface area contributed by atoms with Gasteiger partial charge in [-0.25, -0.2) is 0 Å². The quantitative estimate of drug-likeness (QED) is 0.712. The SMILES string of the molecule is Cn1nnc(CC(O)c2ccnnc2)n1. The van der Waals surface area contributed by atoms with Crippen LogP contribution in [0.15, 0.2) is 18.5 Å². The van der Waals surface area contributed by atoms with Crippen molar-refractivity contribution in [1.82, 2.24) is 30.4 Å². The second-order valence-corrected chi connectivity index (χ2v) is 3.09. The lowest BCUT2D eigenvalue weighted by Crippen LogP contribution is -2.04. The van der Waals surface area contributed by atoms with Crippen LogP contribution in [0.3, 0.4) is 0 Å². The van der Waals surface area contributed by atoms with Crippen molar-refractivity contribution in [3.05, 3.63) is 29.8 Å². The van der Waals surface area contributed by atoms with Gasteiger partial charge in [0.1, 0.15) is 0 Å². The molecule has 15 heavy (non-hydrogen) atoms. The zero-order chi connectivity index (χ0) is 10.7. The van der Waals surface area contributed by atoms with Gasteiger partial charge in [0, 0.05) is 18.2 Å². The molecule has 0 aliphatic carbocycles. The Morgan fingerprint density at radius 1 is 1.47 bits per heavy atom. The molecule has 0 amide bonds. The monoisotopic (exact) mass is 206 g/mol. The van der Waals surface area contributed by atoms with Crippen LogP contribution in [0.4, 0.5) is 0 Å². The lowest BCUT2D eigenvalue weighted by atomic mass is 10.1. The Labute approximate surface area is 85.8 Å². The summed E-state index contributed by atoms with van der Waals surface area (Å²) in [5.74, 6) is 0.502. The minimum absolute atomic E-state index is 0.319. The molecule has 2 heterocycles. The number of aryl methyl sites for hydroxylation is 1. The van der Waals surface area contributed by atoms with Crippen molar-refractivity contribution < 1.29 is 5.11 Å². The average molecular weight is 206 g/mol. The Balaban J connectivity index is 2.07. The van der Waals surface area contributed by atoms with Crippen LogP contribution < -0.4 is 0 Å². The van der Waals surface area contributed by atoms with E-state index in [2.05, 4.69) is 25.6 Å². The molecule has 0 saturated heterocycles. The van der Waals surface area contributed by atoms with Gasteiger partial charge < -0.3 is 5.11 Å². The lowest BCUT2D eigenvalue weighted by molar-refractivity contribution is 0.175. The van der Waals surface area contributed by atoms with Crippen LogP contribution >= 0.6 is 0 Å². The molecule has 7 heteroatoms. The van der Waals surface area contributed by atoms with E-state index in [1.165, 1.54) is 17.2 Å². The molecule has 7 nitrogen and oxygen atoms in total. The molecule has 1 atom stereocenters. The Morgan fingerprint density at radius 2 is 2.33 bits per heavy atom. The first kappa shape index (κ1) is 9.66. The van der Waals surface area contributed by atoms with Crippen LogP contribution in [0.5, 0.6) is 0 Å². The summed E-state index contributed by atoms with van der Waals surface area (Å²) >= 11 is 0. The van der Waals surface area contributed by atoms with Crippen molar-refractivity contribution in [1.29, 1.82) is 0 Å². The zero-order valence-corrected chi connectivity index (χ0v) is 8.15. The first-order valence-electron chi connectivity index (χ1n) is 4.43. The van der Waals surface area contributed by atoms with Gasteiger partial charge in [-0.15, -0.1) is 10.2 Å². The van der Waals surface area contributed by atoms with E-state index < -0.39 is 6.10 Å². The first-order chi connectivity index (χ1) is 7.25. The zero-order valence-electron chi connectivity index (χ0n) is 8.15. The molecule has 0 radical (unpaired) electrons. The molecular weight excluding hydrogens is 196 g/mol. The highest BCUT2D eigenvalue weighted by molar-refractivity contribution is 5.10. The molecule has 0 aliphatic rings. The predicted octanol–water partition coefficient (Wildman–Crippen LogP) is -0.724. The van der Waals surface area contributed by atoms with Crippen LogP contribution in [-0.4, -0.2) is 35.5 Å². The number of aromatic nitrogens is 6. The summed E-state index contributed by atoms with van der Waals surface area (Å²) in [6, 6.07) is 1.70. The van der Waals surface area contributed by atoms with Crippen molar-refractivity contribution >= 4 is 0 Å². The molecule has 2 aromatic rings.